The summed E-state index contributed by atoms with van der Waals surface area (Å²) in [6.07, 6.45) is 4.68. The van der Waals surface area contributed by atoms with Gasteiger partial charge in [-0.15, -0.1) is 0 Å². The summed E-state index contributed by atoms with van der Waals surface area (Å²) in [4.78, 5) is 16.8. The molecule has 1 heterocycles. The predicted octanol–water partition coefficient (Wildman–Crippen LogP) is 3.27. The fraction of sp³-hybridized carbons (Fsp3) is 0.647. The van der Waals surface area contributed by atoms with Gasteiger partial charge in [-0.3, -0.25) is 4.79 Å². The van der Waals surface area contributed by atoms with Gasteiger partial charge in [0, 0.05) is 22.7 Å². The molecule has 21 heavy (non-hydrogen) atoms. The number of hydrogen-bond acceptors (Lipinski definition) is 3. The Morgan fingerprint density at radius 2 is 2.10 bits per heavy atom. The molecule has 3 N–H and O–H groups in total. The number of nitrogen functional groups attached to an aromatic ring is 1. The van der Waals surface area contributed by atoms with E-state index in [1.165, 1.54) is 12.8 Å². The van der Waals surface area contributed by atoms with Gasteiger partial charge in [-0.2, -0.15) is 0 Å². The van der Waals surface area contributed by atoms with E-state index in [0.29, 0.717) is 11.4 Å². The van der Waals surface area contributed by atoms with Crippen molar-refractivity contribution in [3.8, 4) is 0 Å². The minimum absolute atomic E-state index is 0.0397. The minimum Gasteiger partial charge on any atom is -0.384 e. The number of rotatable bonds is 5. The Bertz CT molecular complexity index is 515. The molecule has 1 atom stereocenters. The van der Waals surface area contributed by atoms with Crippen molar-refractivity contribution in [3.63, 3.8) is 0 Å². The summed E-state index contributed by atoms with van der Waals surface area (Å²) in [5, 5.41) is 3.14. The highest BCUT2D eigenvalue weighted by Gasteiger charge is 2.26. The van der Waals surface area contributed by atoms with Crippen molar-refractivity contribution in [2.45, 2.75) is 64.8 Å². The highest BCUT2D eigenvalue weighted by Crippen LogP contribution is 2.34. The maximum Gasteiger partial charge on any atom is 0.251 e. The van der Waals surface area contributed by atoms with Gasteiger partial charge in [0.15, 0.2) is 0 Å². The van der Waals surface area contributed by atoms with Crippen molar-refractivity contribution in [2.24, 2.45) is 5.92 Å². The van der Waals surface area contributed by atoms with E-state index in [0.717, 1.165) is 24.5 Å². The lowest BCUT2D eigenvalue weighted by atomic mass is 9.90. The molecule has 0 saturated heterocycles. The molecule has 0 bridgehead atoms. The normalized spacial score (nSPS) is 16.6. The highest BCUT2D eigenvalue weighted by molar-refractivity contribution is 5.95. The Morgan fingerprint density at radius 1 is 1.43 bits per heavy atom. The average molecular weight is 289 g/mol. The zero-order valence-electron chi connectivity index (χ0n) is 13.6. The van der Waals surface area contributed by atoms with Crippen molar-refractivity contribution in [2.75, 3.05) is 5.73 Å². The zero-order chi connectivity index (χ0) is 15.6. The first-order valence-corrected chi connectivity index (χ1v) is 7.88. The van der Waals surface area contributed by atoms with Crippen LogP contribution in [0.4, 0.5) is 5.82 Å². The number of anilines is 1. The van der Waals surface area contributed by atoms with Crippen LogP contribution in [-0.4, -0.2) is 16.9 Å². The molecule has 1 aliphatic carbocycles. The van der Waals surface area contributed by atoms with Gasteiger partial charge < -0.3 is 11.1 Å². The number of pyridine rings is 1. The fourth-order valence-corrected chi connectivity index (χ4v) is 2.42. The molecule has 1 aromatic rings. The van der Waals surface area contributed by atoms with E-state index in [-0.39, 0.29) is 17.4 Å². The van der Waals surface area contributed by atoms with Crippen LogP contribution in [0.25, 0.3) is 0 Å². The largest absolute Gasteiger partial charge is 0.384 e. The second-order valence-electron chi connectivity index (χ2n) is 7.17. The number of aromatic nitrogens is 1. The average Bonchev–Trinajstić information content (AvgIpc) is 3.20. The Kier molecular flexibility index (Phi) is 4.55. The van der Waals surface area contributed by atoms with Crippen molar-refractivity contribution < 1.29 is 4.79 Å². The molecule has 4 heteroatoms. The van der Waals surface area contributed by atoms with Gasteiger partial charge in [0.1, 0.15) is 5.82 Å². The molecule has 116 valence electrons. The second-order valence-corrected chi connectivity index (χ2v) is 7.17. The van der Waals surface area contributed by atoms with Gasteiger partial charge in [-0.1, -0.05) is 40.5 Å². The molecule has 1 aliphatic rings. The molecule has 1 aromatic heterocycles. The third kappa shape index (κ3) is 4.45. The van der Waals surface area contributed by atoms with Crippen LogP contribution < -0.4 is 11.1 Å². The van der Waals surface area contributed by atoms with Crippen LogP contribution in [-0.2, 0) is 5.41 Å². The van der Waals surface area contributed by atoms with E-state index in [9.17, 15) is 4.79 Å². The molecular weight excluding hydrogens is 262 g/mol. The van der Waals surface area contributed by atoms with Crippen LogP contribution in [0.15, 0.2) is 12.1 Å². The minimum atomic E-state index is -0.122. The smallest absolute Gasteiger partial charge is 0.251 e. The first-order valence-electron chi connectivity index (χ1n) is 7.88. The maximum atomic E-state index is 12.5. The number of nitrogens with zero attached hydrogens (tertiary/aromatic N) is 1. The van der Waals surface area contributed by atoms with Crippen molar-refractivity contribution in [1.29, 1.82) is 0 Å². The topological polar surface area (TPSA) is 68.0 Å². The van der Waals surface area contributed by atoms with Crippen LogP contribution in [0, 0.1) is 5.92 Å². The summed E-state index contributed by atoms with van der Waals surface area (Å²) in [5.74, 6) is 1.17. The predicted molar refractivity (Wildman–Crippen MR) is 86.2 cm³/mol. The molecule has 1 unspecified atom stereocenters. The lowest BCUT2D eigenvalue weighted by Gasteiger charge is -2.20. The lowest BCUT2D eigenvalue weighted by Crippen LogP contribution is -2.35. The van der Waals surface area contributed by atoms with Crippen LogP contribution in [0.1, 0.15) is 69.4 Å². The lowest BCUT2D eigenvalue weighted by molar-refractivity contribution is 0.0932. The number of carbonyl (C=O) groups excluding carboxylic acids is 1. The molecule has 0 radical (unpaired) electrons. The van der Waals surface area contributed by atoms with Gasteiger partial charge in [0.05, 0.1) is 0 Å². The third-order valence-corrected chi connectivity index (χ3v) is 4.02. The van der Waals surface area contributed by atoms with E-state index in [4.69, 9.17) is 5.73 Å². The SMILES string of the molecule is CCC(CC1CC1)NC(=O)c1cc(N)nc(C(C)(C)C)c1. The molecule has 1 amide bonds. The second kappa shape index (κ2) is 6.04. The van der Waals surface area contributed by atoms with Gasteiger partial charge >= 0.3 is 0 Å². The summed E-state index contributed by atoms with van der Waals surface area (Å²) < 4.78 is 0. The monoisotopic (exact) mass is 289 g/mol. The number of amides is 1. The van der Waals surface area contributed by atoms with E-state index in [1.54, 1.807) is 6.07 Å². The van der Waals surface area contributed by atoms with Gasteiger partial charge in [-0.05, 0) is 30.9 Å². The first kappa shape index (κ1) is 15.8. The summed E-state index contributed by atoms with van der Waals surface area (Å²) in [7, 11) is 0. The Morgan fingerprint density at radius 3 is 2.62 bits per heavy atom. The standard InChI is InChI=1S/C17H27N3O/c1-5-13(8-11-6-7-11)19-16(21)12-9-14(17(2,3)4)20-15(18)10-12/h9-11,13H,5-8H2,1-4H3,(H2,18,20)(H,19,21). The quantitative estimate of drug-likeness (QED) is 0.874. The van der Waals surface area contributed by atoms with Crippen LogP contribution in [0.2, 0.25) is 0 Å². The third-order valence-electron chi connectivity index (χ3n) is 4.02. The number of nitrogens with two attached hydrogens (primary N) is 1. The van der Waals surface area contributed by atoms with Gasteiger partial charge in [0.25, 0.3) is 5.91 Å². The molecule has 1 saturated carbocycles. The molecule has 0 aromatic carbocycles. The van der Waals surface area contributed by atoms with Crippen LogP contribution in [0.3, 0.4) is 0 Å². The Hall–Kier alpha value is -1.58. The summed E-state index contributed by atoms with van der Waals surface area (Å²) >= 11 is 0. The van der Waals surface area contributed by atoms with Crippen LogP contribution in [0.5, 0.6) is 0 Å². The highest BCUT2D eigenvalue weighted by atomic mass is 16.1. The summed E-state index contributed by atoms with van der Waals surface area (Å²) in [6, 6.07) is 3.78. The number of carbonyl (C=O) groups is 1. The van der Waals surface area contributed by atoms with Gasteiger partial charge in [0.2, 0.25) is 0 Å². The van der Waals surface area contributed by atoms with E-state index < -0.39 is 0 Å². The van der Waals surface area contributed by atoms with E-state index in [2.05, 4.69) is 38.0 Å². The number of nitrogens with one attached hydrogen (secondary N) is 1. The van der Waals surface area contributed by atoms with Crippen molar-refractivity contribution in [1.82, 2.24) is 10.3 Å². The van der Waals surface area contributed by atoms with Gasteiger partial charge in [-0.25, -0.2) is 4.98 Å². The molecule has 0 aliphatic heterocycles. The van der Waals surface area contributed by atoms with E-state index in [1.807, 2.05) is 6.07 Å². The van der Waals surface area contributed by atoms with Crippen molar-refractivity contribution in [3.05, 3.63) is 23.4 Å². The number of hydrogen-bond donors (Lipinski definition) is 2. The molecular formula is C17H27N3O. The van der Waals surface area contributed by atoms with E-state index >= 15 is 0 Å². The molecule has 2 rings (SSSR count). The Balaban J connectivity index is 2.12. The van der Waals surface area contributed by atoms with Crippen molar-refractivity contribution >= 4 is 11.7 Å². The molecule has 1 fully saturated rings. The fourth-order valence-electron chi connectivity index (χ4n) is 2.42. The zero-order valence-corrected chi connectivity index (χ0v) is 13.6. The summed E-state index contributed by atoms with van der Waals surface area (Å²) in [6.45, 7) is 8.32. The summed E-state index contributed by atoms with van der Waals surface area (Å²) in [5.41, 5.74) is 7.20. The first-order chi connectivity index (χ1) is 9.79. The Labute approximate surface area is 127 Å². The van der Waals surface area contributed by atoms with Crippen LogP contribution >= 0.6 is 0 Å². The maximum absolute atomic E-state index is 12.5. The molecule has 4 nitrogen and oxygen atoms in total. The molecule has 0 spiro atoms.